The van der Waals surface area contributed by atoms with E-state index in [-0.39, 0.29) is 0 Å². The monoisotopic (exact) mass is 174 g/mol. The summed E-state index contributed by atoms with van der Waals surface area (Å²) in [7, 11) is 0. The molecular formula is C13H18. The first kappa shape index (κ1) is 10.0. The van der Waals surface area contributed by atoms with Gasteiger partial charge in [-0.3, -0.25) is 0 Å². The van der Waals surface area contributed by atoms with Gasteiger partial charge in [0, 0.05) is 0 Å². The third-order valence-corrected chi connectivity index (χ3v) is 2.47. The number of hydrogen-bond donors (Lipinski definition) is 0. The maximum Gasteiger partial charge on any atom is -0.0173 e. The highest BCUT2D eigenvalue weighted by atomic mass is 14.1. The Balaban J connectivity index is 2.62. The van der Waals surface area contributed by atoms with Crippen LogP contribution in [-0.4, -0.2) is 0 Å². The van der Waals surface area contributed by atoms with Crippen LogP contribution in [-0.2, 0) is 6.42 Å². The Hall–Kier alpha value is -1.04. The summed E-state index contributed by atoms with van der Waals surface area (Å²) in [6, 6.07) is 10.6. The SMILES string of the molecule is C=CC(Cc1ccccc1)C(C)C. The van der Waals surface area contributed by atoms with E-state index in [4.69, 9.17) is 0 Å². The molecule has 0 amide bonds. The Bertz CT molecular complexity index is 246. The van der Waals surface area contributed by atoms with E-state index in [9.17, 15) is 0 Å². The number of benzene rings is 1. The molecule has 0 bridgehead atoms. The molecule has 0 heterocycles. The minimum absolute atomic E-state index is 0.599. The molecule has 0 saturated heterocycles. The summed E-state index contributed by atoms with van der Waals surface area (Å²) in [4.78, 5) is 0. The molecule has 1 rings (SSSR count). The summed E-state index contributed by atoms with van der Waals surface area (Å²) in [5.41, 5.74) is 1.40. The van der Waals surface area contributed by atoms with Gasteiger partial charge in [-0.2, -0.15) is 0 Å². The molecule has 0 spiro atoms. The highest BCUT2D eigenvalue weighted by molar-refractivity contribution is 5.16. The minimum Gasteiger partial charge on any atom is -0.103 e. The van der Waals surface area contributed by atoms with E-state index >= 15 is 0 Å². The molecule has 0 aliphatic heterocycles. The van der Waals surface area contributed by atoms with Crippen LogP contribution >= 0.6 is 0 Å². The molecule has 0 aliphatic rings. The standard InChI is InChI=1S/C13H18/c1-4-13(11(2)3)10-12-8-6-5-7-9-12/h4-9,11,13H,1,10H2,2-3H3. The van der Waals surface area contributed by atoms with Crippen molar-refractivity contribution in [1.82, 2.24) is 0 Å². The first-order valence-corrected chi connectivity index (χ1v) is 4.90. The summed E-state index contributed by atoms with van der Waals surface area (Å²) in [6.45, 7) is 8.37. The minimum atomic E-state index is 0.599. The molecule has 0 aromatic heterocycles. The summed E-state index contributed by atoms with van der Waals surface area (Å²) in [5.74, 6) is 1.28. The van der Waals surface area contributed by atoms with Gasteiger partial charge < -0.3 is 0 Å². The number of allylic oxidation sites excluding steroid dienone is 1. The van der Waals surface area contributed by atoms with Crippen molar-refractivity contribution in [2.24, 2.45) is 11.8 Å². The predicted octanol–water partition coefficient (Wildman–Crippen LogP) is 3.69. The molecule has 1 aromatic carbocycles. The third kappa shape index (κ3) is 3.06. The highest BCUT2D eigenvalue weighted by Crippen LogP contribution is 2.17. The second kappa shape index (κ2) is 4.86. The zero-order valence-corrected chi connectivity index (χ0v) is 8.53. The molecule has 0 radical (unpaired) electrons. The molecule has 70 valence electrons. The van der Waals surface area contributed by atoms with Gasteiger partial charge in [-0.15, -0.1) is 6.58 Å². The molecule has 0 fully saturated rings. The largest absolute Gasteiger partial charge is 0.103 e. The summed E-state index contributed by atoms with van der Waals surface area (Å²) >= 11 is 0. The van der Waals surface area contributed by atoms with Crippen LogP contribution in [0.5, 0.6) is 0 Å². The fourth-order valence-corrected chi connectivity index (χ4v) is 1.48. The Morgan fingerprint density at radius 1 is 1.23 bits per heavy atom. The van der Waals surface area contributed by atoms with Crippen molar-refractivity contribution in [2.45, 2.75) is 20.3 Å². The molecule has 1 aromatic rings. The molecule has 0 aliphatic carbocycles. The molecule has 0 N–H and O–H groups in total. The van der Waals surface area contributed by atoms with Crippen LogP contribution in [0.1, 0.15) is 19.4 Å². The first-order valence-electron chi connectivity index (χ1n) is 4.90. The van der Waals surface area contributed by atoms with E-state index < -0.39 is 0 Å². The molecule has 1 unspecified atom stereocenters. The van der Waals surface area contributed by atoms with Crippen LogP contribution in [0.4, 0.5) is 0 Å². The van der Waals surface area contributed by atoms with E-state index in [1.807, 2.05) is 0 Å². The maximum absolute atomic E-state index is 3.88. The summed E-state index contributed by atoms with van der Waals surface area (Å²) < 4.78 is 0. The maximum atomic E-state index is 3.88. The van der Waals surface area contributed by atoms with Gasteiger partial charge in [-0.05, 0) is 23.8 Å². The van der Waals surface area contributed by atoms with Crippen LogP contribution in [0, 0.1) is 11.8 Å². The Labute approximate surface area is 81.3 Å². The zero-order valence-electron chi connectivity index (χ0n) is 8.53. The summed E-state index contributed by atoms with van der Waals surface area (Å²) in [5, 5.41) is 0. The lowest BCUT2D eigenvalue weighted by molar-refractivity contribution is 0.464. The van der Waals surface area contributed by atoms with Gasteiger partial charge in [0.2, 0.25) is 0 Å². The molecule has 0 nitrogen and oxygen atoms in total. The second-order valence-corrected chi connectivity index (χ2v) is 3.83. The predicted molar refractivity (Wildman–Crippen MR) is 58.7 cm³/mol. The lowest BCUT2D eigenvalue weighted by Gasteiger charge is -2.16. The van der Waals surface area contributed by atoms with E-state index in [0.29, 0.717) is 11.8 Å². The van der Waals surface area contributed by atoms with Crippen LogP contribution in [0.15, 0.2) is 43.0 Å². The van der Waals surface area contributed by atoms with Crippen LogP contribution in [0.3, 0.4) is 0 Å². The third-order valence-electron chi connectivity index (χ3n) is 2.47. The molecule has 1 atom stereocenters. The van der Waals surface area contributed by atoms with Crippen molar-refractivity contribution in [3.8, 4) is 0 Å². The van der Waals surface area contributed by atoms with Crippen molar-refractivity contribution < 1.29 is 0 Å². The normalized spacial score (nSPS) is 12.8. The van der Waals surface area contributed by atoms with Crippen molar-refractivity contribution in [3.05, 3.63) is 48.6 Å². The molecule has 13 heavy (non-hydrogen) atoms. The van der Waals surface area contributed by atoms with Crippen molar-refractivity contribution >= 4 is 0 Å². The van der Waals surface area contributed by atoms with E-state index in [0.717, 1.165) is 6.42 Å². The Kier molecular flexibility index (Phi) is 3.75. The zero-order chi connectivity index (χ0) is 9.68. The van der Waals surface area contributed by atoms with Crippen molar-refractivity contribution in [3.63, 3.8) is 0 Å². The van der Waals surface area contributed by atoms with Gasteiger partial charge in [0.1, 0.15) is 0 Å². The van der Waals surface area contributed by atoms with Gasteiger partial charge in [0.15, 0.2) is 0 Å². The highest BCUT2D eigenvalue weighted by Gasteiger charge is 2.09. The molecule has 0 saturated carbocycles. The van der Waals surface area contributed by atoms with Gasteiger partial charge in [-0.1, -0.05) is 50.3 Å². The lowest BCUT2D eigenvalue weighted by atomic mass is 9.89. The number of rotatable bonds is 4. The fraction of sp³-hybridized carbons (Fsp3) is 0.385. The Morgan fingerprint density at radius 2 is 1.85 bits per heavy atom. The number of hydrogen-bond acceptors (Lipinski definition) is 0. The smallest absolute Gasteiger partial charge is 0.0173 e. The van der Waals surface area contributed by atoms with E-state index in [2.05, 4.69) is 56.8 Å². The summed E-state index contributed by atoms with van der Waals surface area (Å²) in [6.07, 6.45) is 3.18. The van der Waals surface area contributed by atoms with Gasteiger partial charge in [0.25, 0.3) is 0 Å². The molecular weight excluding hydrogens is 156 g/mol. The van der Waals surface area contributed by atoms with Crippen molar-refractivity contribution in [2.75, 3.05) is 0 Å². The average Bonchev–Trinajstić information content (AvgIpc) is 2.15. The van der Waals surface area contributed by atoms with E-state index in [1.54, 1.807) is 0 Å². The first-order chi connectivity index (χ1) is 6.24. The average molecular weight is 174 g/mol. The van der Waals surface area contributed by atoms with Gasteiger partial charge in [0.05, 0.1) is 0 Å². The Morgan fingerprint density at radius 3 is 2.31 bits per heavy atom. The van der Waals surface area contributed by atoms with Gasteiger partial charge >= 0.3 is 0 Å². The topological polar surface area (TPSA) is 0 Å². The fourth-order valence-electron chi connectivity index (χ4n) is 1.48. The van der Waals surface area contributed by atoms with Gasteiger partial charge in [-0.25, -0.2) is 0 Å². The molecule has 0 heteroatoms. The lowest BCUT2D eigenvalue weighted by Crippen LogP contribution is -2.08. The van der Waals surface area contributed by atoms with Crippen molar-refractivity contribution in [1.29, 1.82) is 0 Å². The second-order valence-electron chi connectivity index (χ2n) is 3.83. The van der Waals surface area contributed by atoms with E-state index in [1.165, 1.54) is 5.56 Å². The van der Waals surface area contributed by atoms with Crippen LogP contribution in [0.25, 0.3) is 0 Å². The quantitative estimate of drug-likeness (QED) is 0.611. The van der Waals surface area contributed by atoms with Crippen LogP contribution < -0.4 is 0 Å². The van der Waals surface area contributed by atoms with Crippen LogP contribution in [0.2, 0.25) is 0 Å².